The summed E-state index contributed by atoms with van der Waals surface area (Å²) in [5.74, 6) is 1.71. The fourth-order valence-corrected chi connectivity index (χ4v) is 10.2. The molecule has 0 aliphatic carbocycles. The van der Waals surface area contributed by atoms with Crippen molar-refractivity contribution in [3.05, 3.63) is 194 Å². The van der Waals surface area contributed by atoms with E-state index in [9.17, 15) is 0 Å². The standard InChI is InChI=1S/C56H32N4O2S/c1-4-14-46-40(10-1)41-27-26-37(31-48(41)61-46)56-59-54(35-22-18-33(19-23-35)38-9-8-30-57-32-38)58-55(60-56)36-24-20-34(21-25-36)39-28-29-43(52-44-11-2-5-15-47(44)62-53(39)52)42-13-7-17-50-51(42)45-12-3-6-16-49(45)63-50/h1-32H. The Bertz CT molecular complexity index is 3910. The summed E-state index contributed by atoms with van der Waals surface area (Å²) in [7, 11) is 0. The van der Waals surface area contributed by atoms with Gasteiger partial charge in [0.15, 0.2) is 17.5 Å². The van der Waals surface area contributed by atoms with Crippen molar-refractivity contribution >= 4 is 75.4 Å². The highest BCUT2D eigenvalue weighted by Crippen LogP contribution is 2.46. The lowest BCUT2D eigenvalue weighted by Gasteiger charge is -2.11. The van der Waals surface area contributed by atoms with Crippen molar-refractivity contribution in [1.82, 2.24) is 19.9 Å². The maximum atomic E-state index is 6.77. The van der Waals surface area contributed by atoms with Crippen LogP contribution in [-0.2, 0) is 0 Å². The molecule has 7 heteroatoms. The number of pyridine rings is 1. The minimum atomic E-state index is 0.561. The molecule has 5 heterocycles. The third-order valence-electron chi connectivity index (χ3n) is 12.1. The van der Waals surface area contributed by atoms with Gasteiger partial charge in [-0.15, -0.1) is 11.3 Å². The zero-order valence-electron chi connectivity index (χ0n) is 33.5. The minimum Gasteiger partial charge on any atom is -0.456 e. The van der Waals surface area contributed by atoms with Crippen LogP contribution < -0.4 is 0 Å². The van der Waals surface area contributed by atoms with E-state index in [-0.39, 0.29) is 0 Å². The first-order valence-corrected chi connectivity index (χ1v) is 21.7. The van der Waals surface area contributed by atoms with Gasteiger partial charge in [-0.1, -0.05) is 133 Å². The van der Waals surface area contributed by atoms with Crippen LogP contribution in [0, 0.1) is 0 Å². The number of furan rings is 2. The zero-order valence-corrected chi connectivity index (χ0v) is 34.3. The molecule has 13 rings (SSSR count). The summed E-state index contributed by atoms with van der Waals surface area (Å²) in [6, 6.07) is 63.1. The summed E-state index contributed by atoms with van der Waals surface area (Å²) >= 11 is 1.84. The molecule has 0 spiro atoms. The Morgan fingerprint density at radius 3 is 1.70 bits per heavy atom. The summed E-state index contributed by atoms with van der Waals surface area (Å²) < 4.78 is 15.6. The number of hydrogen-bond acceptors (Lipinski definition) is 7. The number of nitrogens with zero attached hydrogens (tertiary/aromatic N) is 4. The number of thiophene rings is 1. The minimum absolute atomic E-state index is 0.561. The number of benzene rings is 8. The summed E-state index contributed by atoms with van der Waals surface area (Å²) in [5.41, 5.74) is 12.5. The third kappa shape index (κ3) is 5.86. The summed E-state index contributed by atoms with van der Waals surface area (Å²) in [6.07, 6.45) is 3.65. The lowest BCUT2D eigenvalue weighted by molar-refractivity contribution is 0.669. The first-order chi connectivity index (χ1) is 31.2. The number of para-hydroxylation sites is 2. The average Bonchev–Trinajstić information content (AvgIpc) is 4.06. The molecular formula is C56H32N4O2S. The second-order valence-electron chi connectivity index (χ2n) is 15.8. The van der Waals surface area contributed by atoms with Crippen molar-refractivity contribution in [3.8, 4) is 67.5 Å². The molecule has 0 aliphatic heterocycles. The van der Waals surface area contributed by atoms with Gasteiger partial charge in [0.2, 0.25) is 0 Å². The third-order valence-corrected chi connectivity index (χ3v) is 13.2. The van der Waals surface area contributed by atoms with Gasteiger partial charge in [0.1, 0.15) is 22.3 Å². The molecule has 0 saturated heterocycles. The summed E-state index contributed by atoms with van der Waals surface area (Å²) in [4.78, 5) is 19.6. The Balaban J connectivity index is 0.935. The molecule has 0 aliphatic rings. The van der Waals surface area contributed by atoms with E-state index in [0.29, 0.717) is 17.5 Å². The smallest absolute Gasteiger partial charge is 0.164 e. The van der Waals surface area contributed by atoms with Crippen molar-refractivity contribution in [3.63, 3.8) is 0 Å². The molecule has 8 aromatic carbocycles. The van der Waals surface area contributed by atoms with Gasteiger partial charge in [0.05, 0.1) is 0 Å². The van der Waals surface area contributed by atoms with Gasteiger partial charge in [-0.2, -0.15) is 0 Å². The van der Waals surface area contributed by atoms with Crippen molar-refractivity contribution in [2.24, 2.45) is 0 Å². The highest BCUT2D eigenvalue weighted by atomic mass is 32.1. The first kappa shape index (κ1) is 35.5. The van der Waals surface area contributed by atoms with E-state index in [4.69, 9.17) is 23.8 Å². The monoisotopic (exact) mass is 824 g/mol. The second kappa shape index (κ2) is 14.2. The molecule has 5 aromatic heterocycles. The molecule has 0 fully saturated rings. The lowest BCUT2D eigenvalue weighted by Crippen LogP contribution is -2.00. The number of aromatic nitrogens is 4. The van der Waals surface area contributed by atoms with Crippen LogP contribution in [0.4, 0.5) is 0 Å². The highest BCUT2D eigenvalue weighted by molar-refractivity contribution is 7.25. The molecule has 0 N–H and O–H groups in total. The first-order valence-electron chi connectivity index (χ1n) is 20.8. The van der Waals surface area contributed by atoms with Crippen LogP contribution >= 0.6 is 11.3 Å². The predicted octanol–water partition coefficient (Wildman–Crippen LogP) is 15.4. The number of rotatable bonds is 6. The zero-order chi connectivity index (χ0) is 41.4. The van der Waals surface area contributed by atoms with E-state index in [1.807, 2.05) is 53.9 Å². The number of hydrogen-bond donors (Lipinski definition) is 0. The Hall–Kier alpha value is -8.26. The molecule has 0 amide bonds. The van der Waals surface area contributed by atoms with Crippen molar-refractivity contribution in [2.45, 2.75) is 0 Å². The molecule has 6 nitrogen and oxygen atoms in total. The highest BCUT2D eigenvalue weighted by Gasteiger charge is 2.21. The van der Waals surface area contributed by atoms with E-state index in [0.717, 1.165) is 88.4 Å². The Morgan fingerprint density at radius 2 is 0.937 bits per heavy atom. The van der Waals surface area contributed by atoms with Crippen molar-refractivity contribution in [1.29, 1.82) is 0 Å². The predicted molar refractivity (Wildman–Crippen MR) is 258 cm³/mol. The van der Waals surface area contributed by atoms with Gasteiger partial charge in [0, 0.05) is 76.4 Å². The van der Waals surface area contributed by atoms with Gasteiger partial charge in [0.25, 0.3) is 0 Å². The second-order valence-corrected chi connectivity index (χ2v) is 16.8. The quantitative estimate of drug-likeness (QED) is 0.166. The van der Waals surface area contributed by atoms with Crippen LogP contribution in [0.25, 0.3) is 132 Å². The van der Waals surface area contributed by atoms with E-state index in [2.05, 4.69) is 151 Å². The molecule has 294 valence electrons. The maximum Gasteiger partial charge on any atom is 0.164 e. The molecule has 13 aromatic rings. The SMILES string of the molecule is c1cncc(-c2ccc(-c3nc(-c4ccc(-c5ccc(-c6cccc7sc8ccccc8c67)c6c5oc5ccccc56)cc4)nc(-c4ccc5c(c4)oc4ccccc45)n3)cc2)c1. The molecule has 0 atom stereocenters. The maximum absolute atomic E-state index is 6.77. The van der Waals surface area contributed by atoms with Crippen LogP contribution in [0.1, 0.15) is 0 Å². The van der Waals surface area contributed by atoms with Crippen LogP contribution in [-0.4, -0.2) is 19.9 Å². The molecule has 0 radical (unpaired) electrons. The summed E-state index contributed by atoms with van der Waals surface area (Å²) in [5, 5.41) is 6.88. The van der Waals surface area contributed by atoms with Crippen LogP contribution in [0.2, 0.25) is 0 Å². The van der Waals surface area contributed by atoms with Gasteiger partial charge >= 0.3 is 0 Å². The summed E-state index contributed by atoms with van der Waals surface area (Å²) in [6.45, 7) is 0. The van der Waals surface area contributed by atoms with E-state index in [1.54, 1.807) is 6.20 Å². The average molecular weight is 825 g/mol. The van der Waals surface area contributed by atoms with E-state index in [1.165, 1.54) is 25.7 Å². The normalized spacial score (nSPS) is 11.8. The van der Waals surface area contributed by atoms with Gasteiger partial charge in [-0.25, -0.2) is 15.0 Å². The van der Waals surface area contributed by atoms with Crippen LogP contribution in [0.15, 0.2) is 203 Å². The largest absolute Gasteiger partial charge is 0.456 e. The molecule has 0 unspecified atom stereocenters. The fourth-order valence-electron chi connectivity index (χ4n) is 9.05. The Kier molecular flexibility index (Phi) is 7.98. The van der Waals surface area contributed by atoms with Gasteiger partial charge in [-0.05, 0) is 76.3 Å². The van der Waals surface area contributed by atoms with Crippen molar-refractivity contribution < 1.29 is 8.83 Å². The van der Waals surface area contributed by atoms with Crippen molar-refractivity contribution in [2.75, 3.05) is 0 Å². The van der Waals surface area contributed by atoms with E-state index < -0.39 is 0 Å². The molecule has 0 bridgehead atoms. The lowest BCUT2D eigenvalue weighted by atomic mass is 9.92. The van der Waals surface area contributed by atoms with Gasteiger partial charge in [-0.3, -0.25) is 4.98 Å². The topological polar surface area (TPSA) is 77.8 Å². The Labute approximate surface area is 364 Å². The van der Waals surface area contributed by atoms with E-state index >= 15 is 0 Å². The van der Waals surface area contributed by atoms with Crippen LogP contribution in [0.5, 0.6) is 0 Å². The van der Waals surface area contributed by atoms with Crippen LogP contribution in [0.3, 0.4) is 0 Å². The molecule has 0 saturated carbocycles. The number of fused-ring (bicyclic) bond motifs is 9. The molecule has 63 heavy (non-hydrogen) atoms. The van der Waals surface area contributed by atoms with Gasteiger partial charge < -0.3 is 8.83 Å². The fraction of sp³-hybridized carbons (Fsp3) is 0. The Morgan fingerprint density at radius 1 is 0.349 bits per heavy atom. The molecular weight excluding hydrogens is 793 g/mol.